The Labute approximate surface area is 89.8 Å². The average molecular weight is 210 g/mol. The highest BCUT2D eigenvalue weighted by Gasteiger charge is 2.36. The highest BCUT2D eigenvalue weighted by atomic mass is 16.5. The van der Waals surface area contributed by atoms with E-state index >= 15 is 0 Å². The molecule has 0 atom stereocenters. The highest BCUT2D eigenvalue weighted by molar-refractivity contribution is 4.92. The molecule has 2 rings (SSSR count). The van der Waals surface area contributed by atoms with Crippen molar-refractivity contribution in [2.75, 3.05) is 13.7 Å². The summed E-state index contributed by atoms with van der Waals surface area (Å²) in [5.41, 5.74) is 0.0819. The number of hydrogen-bond acceptors (Lipinski definition) is 4. The van der Waals surface area contributed by atoms with Crippen molar-refractivity contribution in [3.8, 4) is 0 Å². The monoisotopic (exact) mass is 210 g/mol. The Morgan fingerprint density at radius 3 is 2.87 bits per heavy atom. The maximum Gasteiger partial charge on any atom is 0.140 e. The van der Waals surface area contributed by atoms with Gasteiger partial charge in [0.05, 0.1) is 12.1 Å². The summed E-state index contributed by atoms with van der Waals surface area (Å²) in [4.78, 5) is 4.15. The number of nitrogens with one attached hydrogen (secondary N) is 1. The minimum Gasteiger partial charge on any atom is -0.377 e. The molecule has 1 heterocycles. The molecule has 1 N–H and O–H groups in total. The van der Waals surface area contributed by atoms with E-state index < -0.39 is 0 Å². The Morgan fingerprint density at radius 2 is 2.40 bits per heavy atom. The van der Waals surface area contributed by atoms with Gasteiger partial charge in [-0.25, -0.2) is 4.98 Å². The van der Waals surface area contributed by atoms with Gasteiger partial charge in [-0.15, -0.1) is 0 Å². The van der Waals surface area contributed by atoms with Crippen LogP contribution in [0.25, 0.3) is 0 Å². The lowest BCUT2D eigenvalue weighted by molar-refractivity contribution is -0.0696. The molecule has 84 valence electrons. The van der Waals surface area contributed by atoms with Crippen LogP contribution in [-0.2, 0) is 18.3 Å². The lowest BCUT2D eigenvalue weighted by Gasteiger charge is -2.40. The normalized spacial score (nSPS) is 18.8. The van der Waals surface area contributed by atoms with Gasteiger partial charge in [0.1, 0.15) is 12.2 Å². The van der Waals surface area contributed by atoms with Crippen LogP contribution in [0.5, 0.6) is 0 Å². The van der Waals surface area contributed by atoms with E-state index in [1.165, 1.54) is 6.42 Å². The molecule has 0 saturated heterocycles. The summed E-state index contributed by atoms with van der Waals surface area (Å²) < 4.78 is 7.30. The van der Waals surface area contributed by atoms with Gasteiger partial charge in [-0.2, -0.15) is 5.10 Å². The van der Waals surface area contributed by atoms with E-state index in [0.29, 0.717) is 0 Å². The standard InChI is InChI=1S/C10H18N4O/c1-14-9(12-8-13-14)6-11-7-10(15-2)4-3-5-10/h8,11H,3-7H2,1-2H3. The summed E-state index contributed by atoms with van der Waals surface area (Å²) in [5, 5.41) is 7.39. The van der Waals surface area contributed by atoms with Crippen LogP contribution in [0.4, 0.5) is 0 Å². The molecule has 0 spiro atoms. The maximum atomic E-state index is 5.52. The minimum atomic E-state index is 0.0819. The molecule has 1 aliphatic rings. The summed E-state index contributed by atoms with van der Waals surface area (Å²) >= 11 is 0. The molecular formula is C10H18N4O. The van der Waals surface area contributed by atoms with Crippen LogP contribution in [-0.4, -0.2) is 34.0 Å². The van der Waals surface area contributed by atoms with Crippen molar-refractivity contribution in [2.24, 2.45) is 7.05 Å². The molecule has 1 aromatic rings. The highest BCUT2D eigenvalue weighted by Crippen LogP contribution is 2.34. The van der Waals surface area contributed by atoms with Gasteiger partial charge in [0.2, 0.25) is 0 Å². The number of aryl methyl sites for hydroxylation is 1. The molecule has 0 bridgehead atoms. The first-order chi connectivity index (χ1) is 7.26. The molecule has 0 aromatic carbocycles. The molecule has 5 nitrogen and oxygen atoms in total. The van der Waals surface area contributed by atoms with Crippen LogP contribution >= 0.6 is 0 Å². The molecule has 0 radical (unpaired) electrons. The lowest BCUT2D eigenvalue weighted by atomic mass is 9.80. The van der Waals surface area contributed by atoms with Gasteiger partial charge in [0.25, 0.3) is 0 Å². The second kappa shape index (κ2) is 4.28. The minimum absolute atomic E-state index is 0.0819. The molecule has 15 heavy (non-hydrogen) atoms. The van der Waals surface area contributed by atoms with E-state index in [0.717, 1.165) is 31.8 Å². The van der Waals surface area contributed by atoms with Gasteiger partial charge in [-0.3, -0.25) is 4.68 Å². The number of nitrogens with zero attached hydrogens (tertiary/aromatic N) is 3. The Morgan fingerprint density at radius 1 is 1.60 bits per heavy atom. The summed E-state index contributed by atoms with van der Waals surface area (Å²) in [6.45, 7) is 1.65. The first kappa shape index (κ1) is 10.6. The molecule has 0 aliphatic heterocycles. The average Bonchev–Trinajstić information content (AvgIpc) is 2.57. The number of aromatic nitrogens is 3. The van der Waals surface area contributed by atoms with Gasteiger partial charge in [0, 0.05) is 20.7 Å². The van der Waals surface area contributed by atoms with E-state index in [9.17, 15) is 0 Å². The third kappa shape index (κ3) is 2.18. The number of rotatable bonds is 5. The maximum absolute atomic E-state index is 5.52. The Hall–Kier alpha value is -0.940. The fourth-order valence-electron chi connectivity index (χ4n) is 1.91. The van der Waals surface area contributed by atoms with Crippen molar-refractivity contribution in [1.29, 1.82) is 0 Å². The number of hydrogen-bond donors (Lipinski definition) is 1. The SMILES string of the molecule is COC1(CNCc2ncnn2C)CCC1. The zero-order valence-electron chi connectivity index (χ0n) is 9.36. The summed E-state index contributed by atoms with van der Waals surface area (Å²) in [5.74, 6) is 0.959. The van der Waals surface area contributed by atoms with Gasteiger partial charge in [0.15, 0.2) is 0 Å². The van der Waals surface area contributed by atoms with Crippen LogP contribution in [0.3, 0.4) is 0 Å². The molecule has 1 fully saturated rings. The third-order valence-corrected chi connectivity index (χ3v) is 3.23. The van der Waals surface area contributed by atoms with Crippen LogP contribution in [0.1, 0.15) is 25.1 Å². The molecule has 5 heteroatoms. The molecule has 1 aliphatic carbocycles. The van der Waals surface area contributed by atoms with Crippen molar-refractivity contribution in [3.05, 3.63) is 12.2 Å². The summed E-state index contributed by atoms with van der Waals surface area (Å²) in [6.07, 6.45) is 5.18. The van der Waals surface area contributed by atoms with E-state index in [4.69, 9.17) is 4.74 Å². The number of ether oxygens (including phenoxy) is 1. The lowest BCUT2D eigenvalue weighted by Crippen LogP contribution is -2.47. The van der Waals surface area contributed by atoms with E-state index in [2.05, 4.69) is 15.4 Å². The van der Waals surface area contributed by atoms with Crippen molar-refractivity contribution in [2.45, 2.75) is 31.4 Å². The van der Waals surface area contributed by atoms with Gasteiger partial charge >= 0.3 is 0 Å². The predicted molar refractivity (Wildman–Crippen MR) is 56.3 cm³/mol. The van der Waals surface area contributed by atoms with Gasteiger partial charge < -0.3 is 10.1 Å². The molecule has 0 unspecified atom stereocenters. The van der Waals surface area contributed by atoms with Crippen molar-refractivity contribution >= 4 is 0 Å². The second-order valence-electron chi connectivity index (χ2n) is 4.14. The first-order valence-electron chi connectivity index (χ1n) is 5.34. The van der Waals surface area contributed by atoms with Crippen molar-refractivity contribution in [1.82, 2.24) is 20.1 Å². The fraction of sp³-hybridized carbons (Fsp3) is 0.800. The van der Waals surface area contributed by atoms with Crippen LogP contribution < -0.4 is 5.32 Å². The van der Waals surface area contributed by atoms with Crippen LogP contribution in [0.15, 0.2) is 6.33 Å². The topological polar surface area (TPSA) is 52.0 Å². The van der Waals surface area contributed by atoms with Crippen LogP contribution in [0.2, 0.25) is 0 Å². The Kier molecular flexibility index (Phi) is 3.02. The van der Waals surface area contributed by atoms with E-state index in [1.807, 2.05) is 7.05 Å². The third-order valence-electron chi connectivity index (χ3n) is 3.23. The molecule has 0 amide bonds. The molecule has 1 aromatic heterocycles. The van der Waals surface area contributed by atoms with E-state index in [-0.39, 0.29) is 5.60 Å². The quantitative estimate of drug-likeness (QED) is 0.767. The summed E-state index contributed by atoms with van der Waals surface area (Å²) in [6, 6.07) is 0. The van der Waals surface area contributed by atoms with Gasteiger partial charge in [-0.05, 0) is 19.3 Å². The smallest absolute Gasteiger partial charge is 0.140 e. The predicted octanol–water partition coefficient (Wildman–Crippen LogP) is 0.474. The van der Waals surface area contributed by atoms with Crippen molar-refractivity contribution in [3.63, 3.8) is 0 Å². The zero-order chi connectivity index (χ0) is 10.7. The van der Waals surface area contributed by atoms with Gasteiger partial charge in [-0.1, -0.05) is 0 Å². The molecular weight excluding hydrogens is 192 g/mol. The first-order valence-corrected chi connectivity index (χ1v) is 5.34. The summed E-state index contributed by atoms with van der Waals surface area (Å²) in [7, 11) is 3.70. The fourth-order valence-corrected chi connectivity index (χ4v) is 1.91. The van der Waals surface area contributed by atoms with Crippen LogP contribution in [0, 0.1) is 0 Å². The number of methoxy groups -OCH3 is 1. The Bertz CT molecular complexity index is 313. The van der Waals surface area contributed by atoms with E-state index in [1.54, 1.807) is 18.1 Å². The zero-order valence-corrected chi connectivity index (χ0v) is 9.36. The van der Waals surface area contributed by atoms with Crippen molar-refractivity contribution < 1.29 is 4.74 Å². The molecule has 1 saturated carbocycles. The second-order valence-corrected chi connectivity index (χ2v) is 4.14. The Balaban J connectivity index is 1.77. The largest absolute Gasteiger partial charge is 0.377 e.